The molecule has 2 aromatic heterocycles. The molecule has 172 valence electrons. The number of imidazole rings is 1. The number of hydrogen-bond donors (Lipinski definition) is 3. The van der Waals surface area contributed by atoms with E-state index in [0.29, 0.717) is 30.5 Å². The molecule has 8 nitrogen and oxygen atoms in total. The van der Waals surface area contributed by atoms with Gasteiger partial charge in [0.25, 0.3) is 0 Å². The second-order valence-corrected chi connectivity index (χ2v) is 7.22. The van der Waals surface area contributed by atoms with Crippen LogP contribution in [0, 0.1) is 0 Å². The number of halogens is 3. The van der Waals surface area contributed by atoms with E-state index in [0.717, 1.165) is 37.9 Å². The van der Waals surface area contributed by atoms with Crippen LogP contribution in [0.15, 0.2) is 43.0 Å². The van der Waals surface area contributed by atoms with E-state index in [1.165, 1.54) is 6.07 Å². The van der Waals surface area contributed by atoms with Crippen molar-refractivity contribution in [3.05, 3.63) is 54.1 Å². The Morgan fingerprint density at radius 2 is 1.62 bits per heavy atom. The lowest BCUT2D eigenvalue weighted by atomic mass is 10.1. The van der Waals surface area contributed by atoms with Crippen LogP contribution in [-0.4, -0.2) is 37.6 Å². The smallest absolute Gasteiger partial charge is 0.354 e. The van der Waals surface area contributed by atoms with Crippen LogP contribution in [0.25, 0.3) is 0 Å². The lowest BCUT2D eigenvalue weighted by molar-refractivity contribution is -0.137. The van der Waals surface area contributed by atoms with E-state index in [2.05, 4.69) is 42.8 Å². The number of benzene rings is 1. The number of nitrogens with zero attached hydrogens (tertiary/aromatic N) is 5. The minimum absolute atomic E-state index is 0.155. The molecule has 0 aliphatic heterocycles. The van der Waals surface area contributed by atoms with E-state index in [4.69, 9.17) is 0 Å². The second-order valence-electron chi connectivity index (χ2n) is 7.22. The summed E-state index contributed by atoms with van der Waals surface area (Å²) < 4.78 is 40.8. The Hall–Kier alpha value is -3.37. The van der Waals surface area contributed by atoms with Gasteiger partial charge in [0, 0.05) is 38.6 Å². The van der Waals surface area contributed by atoms with E-state index in [1.54, 1.807) is 18.6 Å². The van der Waals surface area contributed by atoms with Crippen molar-refractivity contribution >= 4 is 17.8 Å². The predicted octanol–water partition coefficient (Wildman–Crippen LogP) is 4.41. The lowest BCUT2D eigenvalue weighted by Gasteiger charge is -2.12. The van der Waals surface area contributed by atoms with Gasteiger partial charge in [0.05, 0.1) is 11.9 Å². The minimum atomic E-state index is -4.38. The van der Waals surface area contributed by atoms with Gasteiger partial charge in [0.15, 0.2) is 0 Å². The predicted molar refractivity (Wildman–Crippen MR) is 117 cm³/mol. The molecule has 11 heteroatoms. The van der Waals surface area contributed by atoms with Gasteiger partial charge in [-0.05, 0) is 30.5 Å². The van der Waals surface area contributed by atoms with Crippen LogP contribution in [0.1, 0.15) is 37.3 Å². The van der Waals surface area contributed by atoms with Crippen molar-refractivity contribution in [1.29, 1.82) is 0 Å². The highest BCUT2D eigenvalue weighted by Gasteiger charge is 2.30. The molecule has 0 atom stereocenters. The van der Waals surface area contributed by atoms with Crippen LogP contribution >= 0.6 is 0 Å². The fourth-order valence-corrected chi connectivity index (χ4v) is 2.91. The first kappa shape index (κ1) is 23.3. The third-order valence-corrected chi connectivity index (χ3v) is 4.59. The van der Waals surface area contributed by atoms with Crippen molar-refractivity contribution in [1.82, 2.24) is 24.5 Å². The van der Waals surface area contributed by atoms with E-state index < -0.39 is 11.7 Å². The number of anilines is 3. The molecule has 3 rings (SSSR count). The van der Waals surface area contributed by atoms with Crippen molar-refractivity contribution < 1.29 is 13.2 Å². The average molecular weight is 448 g/mol. The molecule has 0 unspecified atom stereocenters. The summed E-state index contributed by atoms with van der Waals surface area (Å²) >= 11 is 0. The third kappa shape index (κ3) is 7.40. The van der Waals surface area contributed by atoms with E-state index in [-0.39, 0.29) is 12.5 Å². The third-order valence-electron chi connectivity index (χ3n) is 4.59. The summed E-state index contributed by atoms with van der Waals surface area (Å²) in [6.07, 6.45) is 3.84. The molecule has 0 radical (unpaired) electrons. The second kappa shape index (κ2) is 11.3. The number of aromatic nitrogens is 5. The molecule has 0 aliphatic rings. The molecular formula is C21H27F3N8. The summed E-state index contributed by atoms with van der Waals surface area (Å²) in [6, 6.07) is 5.18. The zero-order chi connectivity index (χ0) is 22.8. The molecule has 0 aliphatic carbocycles. The number of unbranched alkanes of at least 4 members (excludes halogenated alkanes) is 1. The van der Waals surface area contributed by atoms with Gasteiger partial charge in [-0.25, -0.2) is 4.98 Å². The molecule has 3 aromatic rings. The number of aryl methyl sites for hydroxylation is 1. The van der Waals surface area contributed by atoms with E-state index >= 15 is 0 Å². The topological polar surface area (TPSA) is 92.6 Å². The minimum Gasteiger partial charge on any atom is -0.354 e. The van der Waals surface area contributed by atoms with Gasteiger partial charge in [-0.2, -0.15) is 28.1 Å². The van der Waals surface area contributed by atoms with Crippen LogP contribution in [0.2, 0.25) is 0 Å². The number of nitrogens with one attached hydrogen (secondary N) is 3. The summed E-state index contributed by atoms with van der Waals surface area (Å²) in [6.45, 7) is 4.41. The van der Waals surface area contributed by atoms with Gasteiger partial charge in [0.1, 0.15) is 0 Å². The van der Waals surface area contributed by atoms with Crippen molar-refractivity contribution in [3.8, 4) is 0 Å². The van der Waals surface area contributed by atoms with Crippen LogP contribution in [0.5, 0.6) is 0 Å². The largest absolute Gasteiger partial charge is 0.416 e. The number of alkyl halides is 3. The highest BCUT2D eigenvalue weighted by molar-refractivity contribution is 5.42. The molecule has 0 fully saturated rings. The van der Waals surface area contributed by atoms with Gasteiger partial charge < -0.3 is 20.5 Å². The van der Waals surface area contributed by atoms with Gasteiger partial charge in [-0.15, -0.1) is 0 Å². The maximum absolute atomic E-state index is 12.9. The van der Waals surface area contributed by atoms with Crippen LogP contribution in [0.3, 0.4) is 0 Å². The summed E-state index contributed by atoms with van der Waals surface area (Å²) in [5, 5.41) is 9.35. The summed E-state index contributed by atoms with van der Waals surface area (Å²) in [5.74, 6) is 1.10. The average Bonchev–Trinajstić information content (AvgIpc) is 3.29. The Labute approximate surface area is 184 Å². The lowest BCUT2D eigenvalue weighted by Crippen LogP contribution is -2.14. The normalized spacial score (nSPS) is 11.4. The van der Waals surface area contributed by atoms with Gasteiger partial charge in [0.2, 0.25) is 17.8 Å². The SMILES string of the molecule is CCCCNc1nc(NCCCn2ccnc2)nc(NCc2cccc(C(F)(F)F)c2)n1. The highest BCUT2D eigenvalue weighted by Crippen LogP contribution is 2.29. The van der Waals surface area contributed by atoms with Crippen molar-refractivity contribution in [3.63, 3.8) is 0 Å². The summed E-state index contributed by atoms with van der Waals surface area (Å²) in [7, 11) is 0. The van der Waals surface area contributed by atoms with Gasteiger partial charge in [-0.3, -0.25) is 0 Å². The van der Waals surface area contributed by atoms with Crippen LogP contribution in [0.4, 0.5) is 31.0 Å². The molecule has 0 saturated carbocycles. The Morgan fingerprint density at radius 1 is 0.938 bits per heavy atom. The monoisotopic (exact) mass is 448 g/mol. The zero-order valence-electron chi connectivity index (χ0n) is 17.9. The molecule has 3 N–H and O–H groups in total. The summed E-state index contributed by atoms with van der Waals surface area (Å²) in [4.78, 5) is 17.1. The van der Waals surface area contributed by atoms with E-state index in [9.17, 15) is 13.2 Å². The zero-order valence-corrected chi connectivity index (χ0v) is 17.9. The van der Waals surface area contributed by atoms with Crippen molar-refractivity contribution in [2.45, 2.75) is 45.5 Å². The maximum atomic E-state index is 12.9. The fraction of sp³-hybridized carbons (Fsp3) is 0.429. The molecule has 32 heavy (non-hydrogen) atoms. The molecule has 0 saturated heterocycles. The quantitative estimate of drug-likeness (QED) is 0.353. The Kier molecular flexibility index (Phi) is 8.23. The summed E-state index contributed by atoms with van der Waals surface area (Å²) in [5.41, 5.74) is -0.204. The molecule has 2 heterocycles. The first-order chi connectivity index (χ1) is 15.4. The van der Waals surface area contributed by atoms with Crippen molar-refractivity contribution in [2.24, 2.45) is 0 Å². The number of hydrogen-bond acceptors (Lipinski definition) is 7. The Bertz CT molecular complexity index is 960. The van der Waals surface area contributed by atoms with Gasteiger partial charge in [-0.1, -0.05) is 25.5 Å². The fourth-order valence-electron chi connectivity index (χ4n) is 2.91. The first-order valence-electron chi connectivity index (χ1n) is 10.5. The van der Waals surface area contributed by atoms with Gasteiger partial charge >= 0.3 is 6.18 Å². The molecular weight excluding hydrogens is 421 g/mol. The standard InChI is InChI=1S/C21H27F3N8/c1-2-3-8-26-18-29-19(27-9-5-11-32-12-10-25-15-32)31-20(30-18)28-14-16-6-4-7-17(13-16)21(22,23)24/h4,6-7,10,12-13,15H,2-3,5,8-9,11,14H2,1H3,(H3,26,27,28,29,30,31). The highest BCUT2D eigenvalue weighted by atomic mass is 19.4. The Morgan fingerprint density at radius 3 is 2.25 bits per heavy atom. The first-order valence-corrected chi connectivity index (χ1v) is 10.5. The molecule has 0 bridgehead atoms. The maximum Gasteiger partial charge on any atom is 0.416 e. The molecule has 0 spiro atoms. The van der Waals surface area contributed by atoms with E-state index in [1.807, 2.05) is 10.8 Å². The van der Waals surface area contributed by atoms with Crippen molar-refractivity contribution in [2.75, 3.05) is 29.0 Å². The number of rotatable bonds is 12. The Balaban J connectivity index is 1.63. The molecule has 1 aromatic carbocycles. The van der Waals surface area contributed by atoms with Crippen LogP contribution < -0.4 is 16.0 Å². The molecule has 0 amide bonds. The van der Waals surface area contributed by atoms with Crippen LogP contribution in [-0.2, 0) is 19.3 Å².